The van der Waals surface area contributed by atoms with Crippen LogP contribution in [0.1, 0.15) is 155 Å². The second-order valence-electron chi connectivity index (χ2n) is 10.6. The molecule has 1 atom stereocenters. The average molecular weight is 545 g/mol. The average Bonchev–Trinajstić information content (AvgIpc) is 2.91. The van der Waals surface area contributed by atoms with E-state index >= 15 is 0 Å². The van der Waals surface area contributed by atoms with Gasteiger partial charge in [-0.25, -0.2) is 0 Å². The molecule has 0 aliphatic heterocycles. The number of esters is 1. The number of hydrogen-bond donors (Lipinski definition) is 1. The van der Waals surface area contributed by atoms with Gasteiger partial charge < -0.3 is 9.84 Å². The molecule has 0 saturated heterocycles. The predicted octanol–water partition coefficient (Wildman–Crippen LogP) is 10.8. The molecule has 4 nitrogen and oxygen atoms in total. The lowest BCUT2D eigenvalue weighted by Crippen LogP contribution is -2.18. The number of ether oxygens (including phenoxy) is 1. The highest BCUT2D eigenvalue weighted by Crippen LogP contribution is 2.18. The van der Waals surface area contributed by atoms with Gasteiger partial charge in [0.25, 0.3) is 0 Å². The number of carbonyl (C=O) groups is 2. The molecule has 0 fully saturated rings. The third-order valence-corrected chi connectivity index (χ3v) is 6.82. The molecule has 0 spiro atoms. The van der Waals surface area contributed by atoms with Gasteiger partial charge in [-0.15, -0.1) is 0 Å². The molecule has 1 N–H and O–H groups in total. The minimum atomic E-state index is -0.734. The Kier molecular flexibility index (Phi) is 28.8. The molecular weight excluding hydrogens is 484 g/mol. The molecule has 0 aromatic carbocycles. The molecule has 0 aliphatic rings. The molecule has 0 aromatic rings. The fourth-order valence-electron chi connectivity index (χ4n) is 4.47. The van der Waals surface area contributed by atoms with Crippen molar-refractivity contribution >= 4 is 11.9 Å². The fourth-order valence-corrected chi connectivity index (χ4v) is 4.47. The lowest BCUT2D eigenvalue weighted by atomic mass is 10.0. The van der Waals surface area contributed by atoms with Gasteiger partial charge in [-0.2, -0.15) is 0 Å². The Morgan fingerprint density at radius 2 is 1.08 bits per heavy atom. The van der Waals surface area contributed by atoms with E-state index in [-0.39, 0.29) is 18.5 Å². The largest absolute Gasteiger partial charge is 0.481 e. The van der Waals surface area contributed by atoms with Gasteiger partial charge in [-0.1, -0.05) is 114 Å². The molecule has 0 heterocycles. The molecule has 4 heteroatoms. The van der Waals surface area contributed by atoms with E-state index in [2.05, 4.69) is 62.5 Å². The molecule has 0 aliphatic carbocycles. The third kappa shape index (κ3) is 30.3. The molecule has 0 radical (unpaired) electrons. The minimum absolute atomic E-state index is 0.0169. The quantitative estimate of drug-likeness (QED) is 0.0604. The van der Waals surface area contributed by atoms with Crippen LogP contribution in [0.3, 0.4) is 0 Å². The van der Waals surface area contributed by atoms with Crippen LogP contribution in [0.15, 0.2) is 48.6 Å². The minimum Gasteiger partial charge on any atom is -0.481 e. The van der Waals surface area contributed by atoms with Crippen molar-refractivity contribution < 1.29 is 19.4 Å². The van der Waals surface area contributed by atoms with E-state index in [4.69, 9.17) is 9.84 Å². The number of carboxylic acid groups (broad SMARTS) is 1. The van der Waals surface area contributed by atoms with E-state index in [1.54, 1.807) is 0 Å². The summed E-state index contributed by atoms with van der Waals surface area (Å²) in [6, 6.07) is 0. The summed E-state index contributed by atoms with van der Waals surface area (Å²) < 4.78 is 5.87. The number of allylic oxidation sites excluding steroid dienone is 8. The molecule has 224 valence electrons. The lowest BCUT2D eigenvalue weighted by molar-refractivity contribution is -0.150. The number of carbonyl (C=O) groups excluding carboxylic acids is 1. The highest BCUT2D eigenvalue weighted by atomic mass is 16.5. The van der Waals surface area contributed by atoms with Crippen LogP contribution in [0.5, 0.6) is 0 Å². The monoisotopic (exact) mass is 544 g/mol. The number of hydrogen-bond acceptors (Lipinski definition) is 3. The highest BCUT2D eigenvalue weighted by Gasteiger charge is 2.14. The maximum Gasteiger partial charge on any atom is 0.306 e. The zero-order valence-corrected chi connectivity index (χ0v) is 25.4. The van der Waals surface area contributed by atoms with E-state index < -0.39 is 5.97 Å². The molecule has 0 aromatic heterocycles. The number of unbranched alkanes of at least 4 members (excludes halogenated alkanes) is 11. The SMILES string of the molecule is CC/C=C\C/C=C\C/C=C\C/C=C\CCCCC(=O)OC(CCCCCCCCCC)CCCCCC(=O)O. The van der Waals surface area contributed by atoms with E-state index in [0.717, 1.165) is 77.0 Å². The first-order chi connectivity index (χ1) is 19.1. The van der Waals surface area contributed by atoms with Crippen molar-refractivity contribution in [2.24, 2.45) is 0 Å². The maximum absolute atomic E-state index is 12.5. The van der Waals surface area contributed by atoms with Crippen LogP contribution in [-0.2, 0) is 14.3 Å². The standard InChI is InChI=1S/C35H60O4/c1-3-5-7-9-11-13-14-15-16-17-18-19-21-23-28-32-35(38)39-33(30-26-24-27-31-34(36)37)29-25-22-20-12-10-8-6-4-2/h5,7,11,13,15-16,18-19,33H,3-4,6,8-10,12,14,17,20-32H2,1-2H3,(H,36,37)/b7-5-,13-11-,16-15-,19-18-. The molecule has 0 saturated carbocycles. The van der Waals surface area contributed by atoms with E-state index in [1.165, 1.54) is 44.9 Å². The second kappa shape index (κ2) is 30.4. The summed E-state index contributed by atoms with van der Waals surface area (Å²) >= 11 is 0. The van der Waals surface area contributed by atoms with Crippen molar-refractivity contribution in [3.8, 4) is 0 Å². The molecule has 0 rings (SSSR count). The van der Waals surface area contributed by atoms with Crippen LogP contribution in [0, 0.1) is 0 Å². The van der Waals surface area contributed by atoms with Crippen molar-refractivity contribution in [3.63, 3.8) is 0 Å². The fraction of sp³-hybridized carbons (Fsp3) is 0.714. The van der Waals surface area contributed by atoms with E-state index in [0.29, 0.717) is 12.8 Å². The topological polar surface area (TPSA) is 63.6 Å². The van der Waals surface area contributed by atoms with Gasteiger partial charge in [0.2, 0.25) is 0 Å². The Morgan fingerprint density at radius 3 is 1.64 bits per heavy atom. The maximum atomic E-state index is 12.5. The Labute approximate surface area is 241 Å². The molecule has 1 unspecified atom stereocenters. The van der Waals surface area contributed by atoms with Crippen molar-refractivity contribution in [1.82, 2.24) is 0 Å². The summed E-state index contributed by atoms with van der Waals surface area (Å²) in [5.41, 5.74) is 0. The van der Waals surface area contributed by atoms with E-state index in [9.17, 15) is 9.59 Å². The molecule has 0 amide bonds. The summed E-state index contributed by atoms with van der Waals surface area (Å²) in [7, 11) is 0. The first kappa shape index (κ1) is 36.9. The number of carboxylic acids is 1. The first-order valence-corrected chi connectivity index (χ1v) is 16.1. The number of rotatable bonds is 28. The van der Waals surface area contributed by atoms with Crippen LogP contribution >= 0.6 is 0 Å². The summed E-state index contributed by atoms with van der Waals surface area (Å²) in [4.78, 5) is 23.2. The first-order valence-electron chi connectivity index (χ1n) is 16.1. The van der Waals surface area contributed by atoms with Crippen molar-refractivity contribution in [3.05, 3.63) is 48.6 Å². The smallest absolute Gasteiger partial charge is 0.306 e. The van der Waals surface area contributed by atoms with Gasteiger partial charge in [0.15, 0.2) is 0 Å². The normalized spacial score (nSPS) is 12.9. The van der Waals surface area contributed by atoms with Gasteiger partial charge in [0.05, 0.1) is 0 Å². The summed E-state index contributed by atoms with van der Waals surface area (Å²) in [5, 5.41) is 8.83. The second-order valence-corrected chi connectivity index (χ2v) is 10.6. The zero-order chi connectivity index (χ0) is 28.7. The summed E-state index contributed by atoms with van der Waals surface area (Å²) in [6.07, 6.45) is 39.7. The van der Waals surface area contributed by atoms with Crippen LogP contribution in [0.4, 0.5) is 0 Å². The molecule has 39 heavy (non-hydrogen) atoms. The predicted molar refractivity (Wildman–Crippen MR) is 167 cm³/mol. The summed E-state index contributed by atoms with van der Waals surface area (Å²) in [6.45, 7) is 4.40. The highest BCUT2D eigenvalue weighted by molar-refractivity contribution is 5.69. The number of aliphatic carboxylic acids is 1. The van der Waals surface area contributed by atoms with Crippen molar-refractivity contribution in [2.75, 3.05) is 0 Å². The Morgan fingerprint density at radius 1 is 0.590 bits per heavy atom. The van der Waals surface area contributed by atoms with E-state index in [1.807, 2.05) is 0 Å². The van der Waals surface area contributed by atoms with Gasteiger partial charge in [-0.3, -0.25) is 9.59 Å². The van der Waals surface area contributed by atoms with Gasteiger partial charge in [-0.05, 0) is 77.0 Å². The van der Waals surface area contributed by atoms with Crippen LogP contribution in [0.2, 0.25) is 0 Å². The summed E-state index contributed by atoms with van der Waals surface area (Å²) in [5.74, 6) is -0.808. The molecular formula is C35H60O4. The third-order valence-electron chi connectivity index (χ3n) is 6.82. The molecule has 0 bridgehead atoms. The zero-order valence-electron chi connectivity index (χ0n) is 25.4. The van der Waals surface area contributed by atoms with Gasteiger partial charge in [0.1, 0.15) is 6.10 Å². The van der Waals surface area contributed by atoms with Crippen molar-refractivity contribution in [2.45, 2.75) is 161 Å². The van der Waals surface area contributed by atoms with Gasteiger partial charge in [0, 0.05) is 12.8 Å². The van der Waals surface area contributed by atoms with Crippen molar-refractivity contribution in [1.29, 1.82) is 0 Å². The van der Waals surface area contributed by atoms with Crippen LogP contribution < -0.4 is 0 Å². The Hall–Kier alpha value is -2.10. The van der Waals surface area contributed by atoms with Crippen LogP contribution in [0.25, 0.3) is 0 Å². The lowest BCUT2D eigenvalue weighted by Gasteiger charge is -2.18. The Balaban J connectivity index is 4.07. The van der Waals surface area contributed by atoms with Gasteiger partial charge >= 0.3 is 11.9 Å². The van der Waals surface area contributed by atoms with Crippen LogP contribution in [-0.4, -0.2) is 23.1 Å². The Bertz CT molecular complexity index is 674.